The van der Waals surface area contributed by atoms with Gasteiger partial charge in [-0.3, -0.25) is 9.88 Å². The molecular weight excluding hydrogens is 362 g/mol. The van der Waals surface area contributed by atoms with Crippen LogP contribution in [0.2, 0.25) is 0 Å². The number of rotatable bonds is 5. The number of hydrogen-bond acceptors (Lipinski definition) is 5. The summed E-state index contributed by atoms with van der Waals surface area (Å²) >= 11 is 0. The second kappa shape index (κ2) is 7.78. The molecule has 1 aliphatic heterocycles. The summed E-state index contributed by atoms with van der Waals surface area (Å²) < 4.78 is 5.65. The Kier molecular flexibility index (Phi) is 4.84. The van der Waals surface area contributed by atoms with Crippen LogP contribution in [0.1, 0.15) is 11.3 Å². The summed E-state index contributed by atoms with van der Waals surface area (Å²) in [7, 11) is 0. The topological polar surface area (TPSA) is 62.4 Å². The number of β-amino-alcohol motifs (C(OH)–C–C–N with tert-alkyl or cyclic N) is 1. The normalized spacial score (nSPS) is 19.8. The largest absolute Gasteiger partial charge is 0.444 e. The third kappa shape index (κ3) is 3.79. The quantitative estimate of drug-likeness (QED) is 0.564. The monoisotopic (exact) mass is 385 g/mol. The fourth-order valence-electron chi connectivity index (χ4n) is 4.21. The lowest BCUT2D eigenvalue weighted by molar-refractivity contribution is 0.141. The second-order valence-corrected chi connectivity index (χ2v) is 7.72. The van der Waals surface area contributed by atoms with Crippen molar-refractivity contribution in [3.63, 3.8) is 0 Å². The first-order valence-electron chi connectivity index (χ1n) is 9.99. The highest BCUT2D eigenvalue weighted by Crippen LogP contribution is 2.27. The van der Waals surface area contributed by atoms with Crippen molar-refractivity contribution in [2.24, 2.45) is 5.92 Å². The average Bonchev–Trinajstić information content (AvgIpc) is 3.36. The van der Waals surface area contributed by atoms with Crippen LogP contribution >= 0.6 is 0 Å². The molecule has 0 aliphatic carbocycles. The van der Waals surface area contributed by atoms with E-state index in [9.17, 15) is 5.11 Å². The molecule has 0 radical (unpaired) electrons. The second-order valence-electron chi connectivity index (χ2n) is 7.72. The van der Waals surface area contributed by atoms with Gasteiger partial charge in [0.1, 0.15) is 6.26 Å². The Balaban J connectivity index is 1.27. The Morgan fingerprint density at radius 1 is 1.00 bits per heavy atom. The molecule has 4 aromatic rings. The van der Waals surface area contributed by atoms with Crippen molar-refractivity contribution in [3.8, 4) is 11.5 Å². The predicted octanol–water partition coefficient (Wildman–Crippen LogP) is 3.93. The first kappa shape index (κ1) is 18.0. The number of oxazole rings is 1. The average molecular weight is 385 g/mol. The van der Waals surface area contributed by atoms with Crippen LogP contribution in [0.15, 0.2) is 77.5 Å². The van der Waals surface area contributed by atoms with Gasteiger partial charge in [0.15, 0.2) is 0 Å². The minimum Gasteiger partial charge on any atom is -0.444 e. The lowest BCUT2D eigenvalue weighted by Crippen LogP contribution is -2.21. The molecule has 0 bridgehead atoms. The van der Waals surface area contributed by atoms with E-state index in [1.54, 1.807) is 6.26 Å². The third-order valence-electron chi connectivity index (χ3n) is 5.66. The smallest absolute Gasteiger partial charge is 0.226 e. The molecule has 29 heavy (non-hydrogen) atoms. The Hall–Kier alpha value is -3.02. The van der Waals surface area contributed by atoms with Crippen LogP contribution in [0.5, 0.6) is 0 Å². The Morgan fingerprint density at radius 2 is 1.83 bits per heavy atom. The van der Waals surface area contributed by atoms with E-state index in [0.717, 1.165) is 29.7 Å². The zero-order chi connectivity index (χ0) is 19.6. The molecule has 5 heteroatoms. The van der Waals surface area contributed by atoms with Gasteiger partial charge >= 0.3 is 0 Å². The van der Waals surface area contributed by atoms with E-state index in [1.807, 2.05) is 54.7 Å². The van der Waals surface area contributed by atoms with Gasteiger partial charge in [-0.15, -0.1) is 0 Å². The SMILES string of the molecule is O[C@H]1CN(Cc2coc(-c3ccccc3)n2)C[C@H]1Cc1ccnc2ccccc12. The van der Waals surface area contributed by atoms with E-state index in [-0.39, 0.29) is 12.0 Å². The fraction of sp³-hybridized carbons (Fsp3) is 0.250. The lowest BCUT2D eigenvalue weighted by atomic mass is 9.94. The number of pyridine rings is 1. The number of aliphatic hydroxyl groups excluding tert-OH is 1. The summed E-state index contributed by atoms with van der Waals surface area (Å²) in [4.78, 5) is 11.3. The van der Waals surface area contributed by atoms with Gasteiger partial charge in [-0.1, -0.05) is 36.4 Å². The molecular formula is C24H23N3O2. The van der Waals surface area contributed by atoms with E-state index < -0.39 is 0 Å². The first-order chi connectivity index (χ1) is 14.3. The van der Waals surface area contributed by atoms with Crippen LogP contribution in [0.3, 0.4) is 0 Å². The fourth-order valence-corrected chi connectivity index (χ4v) is 4.21. The molecule has 3 heterocycles. The van der Waals surface area contributed by atoms with Crippen LogP contribution in [0, 0.1) is 5.92 Å². The number of likely N-dealkylation sites (tertiary alicyclic amines) is 1. The number of aliphatic hydroxyl groups is 1. The van der Waals surface area contributed by atoms with Gasteiger partial charge < -0.3 is 9.52 Å². The summed E-state index contributed by atoms with van der Waals surface area (Å²) in [5.74, 6) is 0.835. The van der Waals surface area contributed by atoms with E-state index >= 15 is 0 Å². The van der Waals surface area contributed by atoms with Crippen molar-refractivity contribution in [2.75, 3.05) is 13.1 Å². The molecule has 5 rings (SSSR count). The van der Waals surface area contributed by atoms with Crippen molar-refractivity contribution in [1.29, 1.82) is 0 Å². The molecule has 0 unspecified atom stereocenters. The van der Waals surface area contributed by atoms with E-state index in [0.29, 0.717) is 19.0 Å². The number of para-hydroxylation sites is 1. The van der Waals surface area contributed by atoms with E-state index in [4.69, 9.17) is 4.42 Å². The number of fused-ring (bicyclic) bond motifs is 1. The Bertz CT molecular complexity index is 1100. The van der Waals surface area contributed by atoms with Crippen LogP contribution in [-0.2, 0) is 13.0 Å². The molecule has 2 atom stereocenters. The standard InChI is InChI=1S/C24H23N3O2/c28-23-15-27(14-20-16-29-24(26-20)17-6-2-1-3-7-17)13-19(23)12-18-10-11-25-22-9-5-4-8-21(18)22/h1-11,16,19,23,28H,12-15H2/t19-,23+/m1/s1. The van der Waals surface area contributed by atoms with Gasteiger partial charge in [-0.2, -0.15) is 0 Å². The van der Waals surface area contributed by atoms with Crippen LogP contribution in [0.4, 0.5) is 0 Å². The van der Waals surface area contributed by atoms with E-state index in [2.05, 4.69) is 27.0 Å². The first-order valence-corrected chi connectivity index (χ1v) is 9.99. The summed E-state index contributed by atoms with van der Waals surface area (Å²) in [5, 5.41) is 11.8. The van der Waals surface area contributed by atoms with Gasteiger partial charge in [0.25, 0.3) is 0 Å². The molecule has 1 N–H and O–H groups in total. The highest BCUT2D eigenvalue weighted by atomic mass is 16.3. The van der Waals surface area contributed by atoms with Gasteiger partial charge in [0.05, 0.1) is 17.3 Å². The van der Waals surface area contributed by atoms with Crippen molar-refractivity contribution in [3.05, 3.63) is 84.4 Å². The number of nitrogens with zero attached hydrogens (tertiary/aromatic N) is 3. The van der Waals surface area contributed by atoms with Crippen molar-refractivity contribution in [2.45, 2.75) is 19.1 Å². The van der Waals surface area contributed by atoms with E-state index in [1.165, 1.54) is 10.9 Å². The summed E-state index contributed by atoms with van der Waals surface area (Å²) in [5.41, 5.74) is 4.12. The minimum atomic E-state index is -0.345. The highest BCUT2D eigenvalue weighted by molar-refractivity contribution is 5.81. The zero-order valence-corrected chi connectivity index (χ0v) is 16.1. The van der Waals surface area contributed by atoms with Crippen molar-refractivity contribution in [1.82, 2.24) is 14.9 Å². The maximum Gasteiger partial charge on any atom is 0.226 e. The zero-order valence-electron chi connectivity index (χ0n) is 16.1. The van der Waals surface area contributed by atoms with Gasteiger partial charge in [-0.05, 0) is 36.2 Å². The maximum atomic E-state index is 10.7. The predicted molar refractivity (Wildman–Crippen MR) is 112 cm³/mol. The molecule has 0 spiro atoms. The van der Waals surface area contributed by atoms with Crippen LogP contribution < -0.4 is 0 Å². The molecule has 1 saturated heterocycles. The lowest BCUT2D eigenvalue weighted by Gasteiger charge is -2.15. The number of aromatic nitrogens is 2. The molecule has 146 valence electrons. The molecule has 0 amide bonds. The molecule has 0 saturated carbocycles. The van der Waals surface area contributed by atoms with Crippen molar-refractivity contribution < 1.29 is 9.52 Å². The number of hydrogen-bond donors (Lipinski definition) is 1. The Morgan fingerprint density at radius 3 is 2.72 bits per heavy atom. The van der Waals surface area contributed by atoms with Gasteiger partial charge in [0, 0.05) is 42.7 Å². The number of benzene rings is 2. The molecule has 2 aromatic carbocycles. The minimum absolute atomic E-state index is 0.196. The molecule has 2 aromatic heterocycles. The summed E-state index contributed by atoms with van der Waals surface area (Å²) in [6.45, 7) is 2.17. The Labute approximate surface area is 169 Å². The summed E-state index contributed by atoms with van der Waals surface area (Å²) in [6, 6.07) is 20.2. The summed E-state index contributed by atoms with van der Waals surface area (Å²) in [6.07, 6.45) is 4.08. The van der Waals surface area contributed by atoms with Gasteiger partial charge in [0.2, 0.25) is 5.89 Å². The molecule has 1 aliphatic rings. The van der Waals surface area contributed by atoms with Crippen LogP contribution in [0.25, 0.3) is 22.4 Å². The van der Waals surface area contributed by atoms with Crippen molar-refractivity contribution >= 4 is 10.9 Å². The molecule has 1 fully saturated rings. The van der Waals surface area contributed by atoms with Gasteiger partial charge in [-0.25, -0.2) is 4.98 Å². The van der Waals surface area contributed by atoms with Crippen LogP contribution in [-0.4, -0.2) is 39.2 Å². The maximum absolute atomic E-state index is 10.7. The molecule has 5 nitrogen and oxygen atoms in total. The third-order valence-corrected chi connectivity index (χ3v) is 5.66. The highest BCUT2D eigenvalue weighted by Gasteiger charge is 2.32.